The molecule has 1 unspecified atom stereocenters. The summed E-state index contributed by atoms with van der Waals surface area (Å²) < 4.78 is 16.7. The lowest BCUT2D eigenvalue weighted by Gasteiger charge is -2.18. The number of allylic oxidation sites excluding steroid dienone is 2. The monoisotopic (exact) mass is 805 g/mol. The highest BCUT2D eigenvalue weighted by molar-refractivity contribution is 5.71. The molecule has 0 aromatic heterocycles. The Morgan fingerprint density at radius 3 is 0.877 bits per heavy atom. The van der Waals surface area contributed by atoms with Gasteiger partial charge < -0.3 is 14.2 Å². The predicted octanol–water partition coefficient (Wildman–Crippen LogP) is 16.2. The first-order chi connectivity index (χ1) is 28.0. The third kappa shape index (κ3) is 45.1. The molecule has 0 aromatic rings. The van der Waals surface area contributed by atoms with Crippen molar-refractivity contribution >= 4 is 17.9 Å². The SMILES string of the molecule is CCCCCCCC/C=C\CCCCCCCCCCCC(=O)OCC(COC(=O)CCCCCCCCCCC)OC(=O)CCCCCCCCCCCCC. The van der Waals surface area contributed by atoms with Crippen LogP contribution in [0.15, 0.2) is 12.2 Å². The van der Waals surface area contributed by atoms with Crippen LogP contribution in [-0.2, 0) is 28.6 Å². The van der Waals surface area contributed by atoms with Gasteiger partial charge in [0.05, 0.1) is 0 Å². The fourth-order valence-corrected chi connectivity index (χ4v) is 7.44. The Morgan fingerprint density at radius 2 is 0.579 bits per heavy atom. The Hall–Kier alpha value is -1.85. The summed E-state index contributed by atoms with van der Waals surface area (Å²) in [7, 11) is 0. The van der Waals surface area contributed by atoms with E-state index in [1.165, 1.54) is 180 Å². The Kier molecular flexibility index (Phi) is 45.3. The first-order valence-corrected chi connectivity index (χ1v) is 25.2. The van der Waals surface area contributed by atoms with Crippen molar-refractivity contribution in [2.45, 2.75) is 284 Å². The third-order valence-electron chi connectivity index (χ3n) is 11.3. The molecule has 0 spiro atoms. The number of hydrogen-bond acceptors (Lipinski definition) is 6. The van der Waals surface area contributed by atoms with E-state index in [1.54, 1.807) is 0 Å². The van der Waals surface area contributed by atoms with Gasteiger partial charge in [-0.3, -0.25) is 14.4 Å². The maximum atomic E-state index is 12.7. The third-order valence-corrected chi connectivity index (χ3v) is 11.3. The molecule has 0 rings (SSSR count). The molecule has 6 heteroatoms. The lowest BCUT2D eigenvalue weighted by Crippen LogP contribution is -2.30. The van der Waals surface area contributed by atoms with E-state index in [4.69, 9.17) is 14.2 Å². The maximum absolute atomic E-state index is 12.7. The molecule has 1 atom stereocenters. The summed E-state index contributed by atoms with van der Waals surface area (Å²) in [5.41, 5.74) is 0. The largest absolute Gasteiger partial charge is 0.462 e. The molecular weight excluding hydrogens is 709 g/mol. The topological polar surface area (TPSA) is 78.9 Å². The number of carbonyl (C=O) groups is 3. The molecule has 6 nitrogen and oxygen atoms in total. The molecule has 0 saturated carbocycles. The fourth-order valence-electron chi connectivity index (χ4n) is 7.44. The van der Waals surface area contributed by atoms with E-state index in [2.05, 4.69) is 32.9 Å². The zero-order valence-electron chi connectivity index (χ0n) is 38.4. The molecule has 0 radical (unpaired) electrons. The Labute approximate surface area is 354 Å². The van der Waals surface area contributed by atoms with Crippen LogP contribution in [0, 0.1) is 0 Å². The molecular formula is C51H96O6. The van der Waals surface area contributed by atoms with Gasteiger partial charge in [0.2, 0.25) is 0 Å². The summed E-state index contributed by atoms with van der Waals surface area (Å²) in [5.74, 6) is -0.858. The second kappa shape index (κ2) is 46.8. The van der Waals surface area contributed by atoms with Crippen molar-refractivity contribution in [2.75, 3.05) is 13.2 Å². The molecule has 0 amide bonds. The van der Waals surface area contributed by atoms with E-state index in [-0.39, 0.29) is 31.1 Å². The van der Waals surface area contributed by atoms with E-state index >= 15 is 0 Å². The van der Waals surface area contributed by atoms with E-state index in [1.807, 2.05) is 0 Å². The molecule has 57 heavy (non-hydrogen) atoms. The second-order valence-electron chi connectivity index (χ2n) is 17.1. The van der Waals surface area contributed by atoms with Crippen molar-refractivity contribution in [2.24, 2.45) is 0 Å². The highest BCUT2D eigenvalue weighted by atomic mass is 16.6. The Bertz CT molecular complexity index is 885. The van der Waals surface area contributed by atoms with Gasteiger partial charge in [0.15, 0.2) is 6.10 Å². The first kappa shape index (κ1) is 55.2. The molecule has 0 aliphatic carbocycles. The molecule has 0 aliphatic heterocycles. The van der Waals surface area contributed by atoms with Crippen LogP contribution in [0.2, 0.25) is 0 Å². The standard InChI is InChI=1S/C51H96O6/c1-4-7-10-13-16-19-21-22-23-24-25-26-27-28-30-32-35-38-41-44-50(53)56-47-48(46-55-49(52)43-40-37-34-31-18-15-12-9-6-3)57-51(54)45-42-39-36-33-29-20-17-14-11-8-5-2/h22-23,48H,4-21,24-47H2,1-3H3/b23-22-. The minimum Gasteiger partial charge on any atom is -0.462 e. The van der Waals surface area contributed by atoms with Gasteiger partial charge in [0.1, 0.15) is 13.2 Å². The highest BCUT2D eigenvalue weighted by Crippen LogP contribution is 2.16. The van der Waals surface area contributed by atoms with Gasteiger partial charge in [-0.2, -0.15) is 0 Å². The number of rotatable bonds is 46. The molecule has 0 bridgehead atoms. The van der Waals surface area contributed by atoms with Gasteiger partial charge >= 0.3 is 17.9 Å². The van der Waals surface area contributed by atoms with Crippen LogP contribution in [0.1, 0.15) is 278 Å². The lowest BCUT2D eigenvalue weighted by molar-refractivity contribution is -0.167. The summed E-state index contributed by atoms with van der Waals surface area (Å²) in [5, 5.41) is 0. The molecule has 0 fully saturated rings. The van der Waals surface area contributed by atoms with Crippen molar-refractivity contribution in [3.05, 3.63) is 12.2 Å². The van der Waals surface area contributed by atoms with E-state index < -0.39 is 6.10 Å². The van der Waals surface area contributed by atoms with E-state index in [9.17, 15) is 14.4 Å². The fraction of sp³-hybridized carbons (Fsp3) is 0.902. The first-order valence-electron chi connectivity index (χ1n) is 25.2. The molecule has 0 heterocycles. The van der Waals surface area contributed by atoms with Crippen LogP contribution < -0.4 is 0 Å². The Balaban J connectivity index is 4.22. The molecule has 0 saturated heterocycles. The number of unbranched alkanes of at least 4 members (excludes halogenated alkanes) is 33. The van der Waals surface area contributed by atoms with Crippen LogP contribution in [-0.4, -0.2) is 37.2 Å². The lowest BCUT2D eigenvalue weighted by atomic mass is 10.1. The molecule has 0 aliphatic rings. The van der Waals surface area contributed by atoms with Crippen LogP contribution >= 0.6 is 0 Å². The van der Waals surface area contributed by atoms with Crippen molar-refractivity contribution in [1.82, 2.24) is 0 Å². The maximum Gasteiger partial charge on any atom is 0.306 e. The van der Waals surface area contributed by atoms with Gasteiger partial charge in [0, 0.05) is 19.3 Å². The van der Waals surface area contributed by atoms with Crippen molar-refractivity contribution in [3.8, 4) is 0 Å². The normalized spacial score (nSPS) is 12.0. The van der Waals surface area contributed by atoms with E-state index in [0.717, 1.165) is 57.8 Å². The van der Waals surface area contributed by atoms with Crippen molar-refractivity contribution in [3.63, 3.8) is 0 Å². The second-order valence-corrected chi connectivity index (χ2v) is 17.1. The zero-order chi connectivity index (χ0) is 41.5. The van der Waals surface area contributed by atoms with Crippen LogP contribution in [0.5, 0.6) is 0 Å². The number of esters is 3. The van der Waals surface area contributed by atoms with Gasteiger partial charge in [0.25, 0.3) is 0 Å². The van der Waals surface area contributed by atoms with Crippen molar-refractivity contribution < 1.29 is 28.6 Å². The summed E-state index contributed by atoms with van der Waals surface area (Å²) >= 11 is 0. The number of carbonyl (C=O) groups excluding carboxylic acids is 3. The van der Waals surface area contributed by atoms with Gasteiger partial charge in [-0.15, -0.1) is 0 Å². The smallest absolute Gasteiger partial charge is 0.306 e. The summed E-state index contributed by atoms with van der Waals surface area (Å²) in [6, 6.07) is 0. The van der Waals surface area contributed by atoms with Gasteiger partial charge in [-0.05, 0) is 44.9 Å². The average molecular weight is 805 g/mol. The molecule has 0 N–H and O–H groups in total. The summed E-state index contributed by atoms with van der Waals surface area (Å²) in [6.45, 7) is 6.63. The zero-order valence-corrected chi connectivity index (χ0v) is 38.4. The van der Waals surface area contributed by atoms with Gasteiger partial charge in [-0.25, -0.2) is 0 Å². The average Bonchev–Trinajstić information content (AvgIpc) is 3.21. The number of hydrogen-bond donors (Lipinski definition) is 0. The van der Waals surface area contributed by atoms with Gasteiger partial charge in [-0.1, -0.05) is 226 Å². The molecule has 0 aromatic carbocycles. The van der Waals surface area contributed by atoms with Crippen molar-refractivity contribution in [1.29, 1.82) is 0 Å². The minimum absolute atomic E-state index is 0.0660. The number of ether oxygens (including phenoxy) is 3. The molecule has 336 valence electrons. The predicted molar refractivity (Wildman–Crippen MR) is 243 cm³/mol. The highest BCUT2D eigenvalue weighted by Gasteiger charge is 2.19. The van der Waals surface area contributed by atoms with Crippen LogP contribution in [0.4, 0.5) is 0 Å². The Morgan fingerprint density at radius 1 is 0.333 bits per heavy atom. The summed E-state index contributed by atoms with van der Waals surface area (Å²) in [4.78, 5) is 37.8. The van der Waals surface area contributed by atoms with Crippen LogP contribution in [0.3, 0.4) is 0 Å². The van der Waals surface area contributed by atoms with Crippen LogP contribution in [0.25, 0.3) is 0 Å². The van der Waals surface area contributed by atoms with E-state index in [0.29, 0.717) is 19.3 Å². The summed E-state index contributed by atoms with van der Waals surface area (Å²) in [6.07, 6.45) is 50.6. The quantitative estimate of drug-likeness (QED) is 0.0264. The minimum atomic E-state index is -0.762.